The van der Waals surface area contributed by atoms with E-state index in [2.05, 4.69) is 16.7 Å². The lowest BCUT2D eigenvalue weighted by atomic mass is 10.2. The number of thiophene rings is 1. The van der Waals surface area contributed by atoms with E-state index in [9.17, 15) is 4.79 Å². The summed E-state index contributed by atoms with van der Waals surface area (Å²) < 4.78 is 5.51. The highest BCUT2D eigenvalue weighted by Crippen LogP contribution is 2.10. The SMILES string of the molecule is C[C@@H](Cc1cccs1)NC(=O)NCCOc1ccccc1. The van der Waals surface area contributed by atoms with Crippen LogP contribution in [0.25, 0.3) is 0 Å². The van der Waals surface area contributed by atoms with Crippen LogP contribution in [0.4, 0.5) is 4.79 Å². The van der Waals surface area contributed by atoms with E-state index < -0.39 is 0 Å². The molecule has 112 valence electrons. The smallest absolute Gasteiger partial charge is 0.315 e. The highest BCUT2D eigenvalue weighted by atomic mass is 32.1. The van der Waals surface area contributed by atoms with Crippen molar-refractivity contribution < 1.29 is 9.53 Å². The molecule has 0 aliphatic rings. The summed E-state index contributed by atoms with van der Waals surface area (Å²) in [5.41, 5.74) is 0. The number of carbonyl (C=O) groups excluding carboxylic acids is 1. The molecule has 5 heteroatoms. The molecule has 0 radical (unpaired) electrons. The van der Waals surface area contributed by atoms with Crippen molar-refractivity contribution in [3.8, 4) is 5.75 Å². The predicted molar refractivity (Wildman–Crippen MR) is 86.0 cm³/mol. The van der Waals surface area contributed by atoms with Crippen LogP contribution in [0.5, 0.6) is 5.75 Å². The van der Waals surface area contributed by atoms with E-state index in [1.54, 1.807) is 11.3 Å². The lowest BCUT2D eigenvalue weighted by Crippen LogP contribution is -2.42. The van der Waals surface area contributed by atoms with E-state index in [0.29, 0.717) is 13.2 Å². The average Bonchev–Trinajstić information content (AvgIpc) is 2.97. The summed E-state index contributed by atoms with van der Waals surface area (Å²) in [6, 6.07) is 13.6. The summed E-state index contributed by atoms with van der Waals surface area (Å²) in [6.07, 6.45) is 0.853. The Bertz CT molecular complexity index is 528. The van der Waals surface area contributed by atoms with Gasteiger partial charge >= 0.3 is 6.03 Å². The molecule has 0 aliphatic heterocycles. The molecule has 0 fully saturated rings. The van der Waals surface area contributed by atoms with Crippen LogP contribution in [0.2, 0.25) is 0 Å². The monoisotopic (exact) mass is 304 g/mol. The Morgan fingerprint density at radius 2 is 2.05 bits per heavy atom. The summed E-state index contributed by atoms with van der Waals surface area (Å²) in [4.78, 5) is 13.0. The van der Waals surface area contributed by atoms with Crippen LogP contribution >= 0.6 is 11.3 Å². The Hall–Kier alpha value is -2.01. The molecule has 1 atom stereocenters. The molecule has 0 saturated carbocycles. The molecular weight excluding hydrogens is 284 g/mol. The van der Waals surface area contributed by atoms with Crippen LogP contribution in [0.3, 0.4) is 0 Å². The van der Waals surface area contributed by atoms with Crippen molar-refractivity contribution >= 4 is 17.4 Å². The lowest BCUT2D eigenvalue weighted by Gasteiger charge is -2.14. The van der Waals surface area contributed by atoms with Gasteiger partial charge in [-0.05, 0) is 30.5 Å². The quantitative estimate of drug-likeness (QED) is 0.772. The van der Waals surface area contributed by atoms with E-state index in [1.807, 2.05) is 48.7 Å². The summed E-state index contributed by atoms with van der Waals surface area (Å²) in [5, 5.41) is 7.75. The number of hydrogen-bond acceptors (Lipinski definition) is 3. The van der Waals surface area contributed by atoms with Crippen LogP contribution in [0.15, 0.2) is 47.8 Å². The van der Waals surface area contributed by atoms with Crippen molar-refractivity contribution in [2.24, 2.45) is 0 Å². The predicted octanol–water partition coefficient (Wildman–Crippen LogP) is 3.06. The second kappa shape index (κ2) is 8.32. The fourth-order valence-corrected chi connectivity index (χ4v) is 2.74. The minimum atomic E-state index is -0.157. The number of carbonyl (C=O) groups is 1. The molecule has 1 aromatic carbocycles. The number of hydrogen-bond donors (Lipinski definition) is 2. The van der Waals surface area contributed by atoms with Crippen molar-refractivity contribution in [3.05, 3.63) is 52.7 Å². The molecule has 2 aromatic rings. The van der Waals surface area contributed by atoms with Gasteiger partial charge in [-0.25, -0.2) is 4.79 Å². The maximum Gasteiger partial charge on any atom is 0.315 e. The molecule has 0 aliphatic carbocycles. The molecule has 21 heavy (non-hydrogen) atoms. The zero-order valence-corrected chi connectivity index (χ0v) is 12.9. The van der Waals surface area contributed by atoms with Gasteiger partial charge in [0.1, 0.15) is 12.4 Å². The van der Waals surface area contributed by atoms with Gasteiger partial charge in [0.2, 0.25) is 0 Å². The van der Waals surface area contributed by atoms with Gasteiger partial charge in [0.15, 0.2) is 0 Å². The topological polar surface area (TPSA) is 50.4 Å². The molecule has 4 nitrogen and oxygen atoms in total. The Labute approximate surface area is 129 Å². The molecule has 0 unspecified atom stereocenters. The molecule has 1 heterocycles. The van der Waals surface area contributed by atoms with Crippen LogP contribution in [0.1, 0.15) is 11.8 Å². The first-order valence-corrected chi connectivity index (χ1v) is 7.86. The third-order valence-corrected chi connectivity index (χ3v) is 3.76. The van der Waals surface area contributed by atoms with Gasteiger partial charge in [0, 0.05) is 17.3 Å². The second-order valence-electron chi connectivity index (χ2n) is 4.75. The van der Waals surface area contributed by atoms with Crippen molar-refractivity contribution in [2.45, 2.75) is 19.4 Å². The number of ether oxygens (including phenoxy) is 1. The number of urea groups is 1. The molecule has 0 saturated heterocycles. The zero-order chi connectivity index (χ0) is 14.9. The zero-order valence-electron chi connectivity index (χ0n) is 12.0. The maximum atomic E-state index is 11.7. The normalized spacial score (nSPS) is 11.7. The molecule has 2 amide bonds. The fraction of sp³-hybridized carbons (Fsp3) is 0.312. The second-order valence-corrected chi connectivity index (χ2v) is 5.78. The molecule has 0 spiro atoms. The lowest BCUT2D eigenvalue weighted by molar-refractivity contribution is 0.233. The Balaban J connectivity index is 1.59. The highest BCUT2D eigenvalue weighted by molar-refractivity contribution is 7.09. The molecule has 2 N–H and O–H groups in total. The summed E-state index contributed by atoms with van der Waals surface area (Å²) in [5.74, 6) is 0.811. The fourth-order valence-electron chi connectivity index (χ4n) is 1.91. The minimum absolute atomic E-state index is 0.110. The van der Waals surface area contributed by atoms with Gasteiger partial charge in [-0.3, -0.25) is 0 Å². The van der Waals surface area contributed by atoms with E-state index in [1.165, 1.54) is 4.88 Å². The van der Waals surface area contributed by atoms with Gasteiger partial charge < -0.3 is 15.4 Å². The van der Waals surface area contributed by atoms with E-state index in [4.69, 9.17) is 4.74 Å². The van der Waals surface area contributed by atoms with E-state index >= 15 is 0 Å². The molecule has 2 rings (SSSR count). The van der Waals surface area contributed by atoms with Crippen molar-refractivity contribution in [3.63, 3.8) is 0 Å². The molecule has 1 aromatic heterocycles. The van der Waals surface area contributed by atoms with E-state index in [0.717, 1.165) is 12.2 Å². The third kappa shape index (κ3) is 5.87. The van der Waals surface area contributed by atoms with Gasteiger partial charge in [0.25, 0.3) is 0 Å². The molecular formula is C16H20N2O2S. The van der Waals surface area contributed by atoms with E-state index in [-0.39, 0.29) is 12.1 Å². The summed E-state index contributed by atoms with van der Waals surface area (Å²) >= 11 is 1.71. The standard InChI is InChI=1S/C16H20N2O2S/c1-13(12-15-8-5-11-21-15)18-16(19)17-9-10-20-14-6-3-2-4-7-14/h2-8,11,13H,9-10,12H2,1H3,(H2,17,18,19)/t13-/m0/s1. The first-order valence-electron chi connectivity index (χ1n) is 6.98. The minimum Gasteiger partial charge on any atom is -0.492 e. The van der Waals surface area contributed by atoms with Gasteiger partial charge in [-0.1, -0.05) is 24.3 Å². The Morgan fingerprint density at radius 1 is 1.24 bits per heavy atom. The molecule has 0 bridgehead atoms. The van der Waals surface area contributed by atoms with Crippen molar-refractivity contribution in [2.75, 3.05) is 13.2 Å². The third-order valence-electron chi connectivity index (χ3n) is 2.86. The number of amides is 2. The van der Waals surface area contributed by atoms with Gasteiger partial charge in [-0.2, -0.15) is 0 Å². The van der Waals surface area contributed by atoms with Gasteiger partial charge in [0.05, 0.1) is 6.54 Å². The Kier molecular flexibility index (Phi) is 6.09. The van der Waals surface area contributed by atoms with Crippen LogP contribution in [-0.4, -0.2) is 25.2 Å². The first kappa shape index (κ1) is 15.4. The average molecular weight is 304 g/mol. The summed E-state index contributed by atoms with van der Waals surface area (Å²) in [7, 11) is 0. The Morgan fingerprint density at radius 3 is 2.76 bits per heavy atom. The van der Waals surface area contributed by atoms with Crippen LogP contribution in [-0.2, 0) is 6.42 Å². The number of rotatable bonds is 7. The number of para-hydroxylation sites is 1. The van der Waals surface area contributed by atoms with Crippen LogP contribution < -0.4 is 15.4 Å². The van der Waals surface area contributed by atoms with Crippen molar-refractivity contribution in [1.29, 1.82) is 0 Å². The van der Waals surface area contributed by atoms with Gasteiger partial charge in [-0.15, -0.1) is 11.3 Å². The number of nitrogens with one attached hydrogen (secondary N) is 2. The first-order chi connectivity index (χ1) is 10.2. The van der Waals surface area contributed by atoms with Crippen LogP contribution in [0, 0.1) is 0 Å². The maximum absolute atomic E-state index is 11.7. The summed E-state index contributed by atoms with van der Waals surface area (Å²) in [6.45, 7) is 2.93. The largest absolute Gasteiger partial charge is 0.492 e. The van der Waals surface area contributed by atoms with Crippen molar-refractivity contribution in [1.82, 2.24) is 10.6 Å². The highest BCUT2D eigenvalue weighted by Gasteiger charge is 2.07. The number of benzene rings is 1.